The minimum Gasteiger partial charge on any atom is -0.390 e. The predicted octanol–water partition coefficient (Wildman–Crippen LogP) is 1.33. The molecule has 0 aromatic heterocycles. The van der Waals surface area contributed by atoms with Gasteiger partial charge in [-0.3, -0.25) is 4.21 Å². The highest BCUT2D eigenvalue weighted by Gasteiger charge is 2.14. The maximum atomic E-state index is 13.2. The van der Waals surface area contributed by atoms with Gasteiger partial charge in [0, 0.05) is 6.61 Å². The number of rotatable bonds is 6. The summed E-state index contributed by atoms with van der Waals surface area (Å²) in [5.74, 6) is -0.523. The van der Waals surface area contributed by atoms with Crippen molar-refractivity contribution in [2.45, 2.75) is 17.9 Å². The highest BCUT2D eigenvalue weighted by atomic mass is 32.2. The van der Waals surface area contributed by atoms with Gasteiger partial charge < -0.3 is 9.84 Å². The first-order chi connectivity index (χ1) is 7.65. The Labute approximate surface area is 96.7 Å². The second kappa shape index (κ2) is 6.73. The average molecular weight is 246 g/mol. The Balaban J connectivity index is 2.56. The molecule has 1 rings (SSSR count). The third kappa shape index (κ3) is 4.00. The molecule has 1 N–H and O–H groups in total. The van der Waals surface area contributed by atoms with Crippen LogP contribution in [0.15, 0.2) is 29.2 Å². The van der Waals surface area contributed by atoms with Crippen LogP contribution in [0.5, 0.6) is 0 Å². The molecule has 0 bridgehead atoms. The maximum Gasteiger partial charge on any atom is 0.139 e. The number of benzene rings is 1. The quantitative estimate of drug-likeness (QED) is 0.823. The molecule has 0 amide bonds. The third-order valence-electron chi connectivity index (χ3n) is 1.94. The molecule has 90 valence electrons. The first-order valence-electron chi connectivity index (χ1n) is 5.03. The molecule has 3 nitrogen and oxygen atoms in total. The van der Waals surface area contributed by atoms with E-state index in [1.807, 2.05) is 0 Å². The van der Waals surface area contributed by atoms with Crippen LogP contribution in [-0.4, -0.2) is 34.4 Å². The normalized spacial score (nSPS) is 14.7. The van der Waals surface area contributed by atoms with Crippen LogP contribution in [0.1, 0.15) is 6.92 Å². The number of halogens is 1. The van der Waals surface area contributed by atoms with Crippen molar-refractivity contribution < 1.29 is 18.4 Å². The van der Waals surface area contributed by atoms with Gasteiger partial charge in [-0.05, 0) is 19.1 Å². The van der Waals surface area contributed by atoms with Gasteiger partial charge in [0.2, 0.25) is 0 Å². The molecule has 1 aromatic carbocycles. The Morgan fingerprint density at radius 1 is 1.50 bits per heavy atom. The molecule has 2 unspecified atom stereocenters. The summed E-state index contributed by atoms with van der Waals surface area (Å²) in [7, 11) is -1.53. The van der Waals surface area contributed by atoms with Gasteiger partial charge in [-0.15, -0.1) is 0 Å². The molecule has 0 saturated carbocycles. The van der Waals surface area contributed by atoms with Crippen LogP contribution in [0.4, 0.5) is 4.39 Å². The molecule has 1 aromatic rings. The SMILES string of the molecule is CCOCC(O)CS(=O)c1ccccc1F. The van der Waals surface area contributed by atoms with Crippen LogP contribution < -0.4 is 0 Å². The molecule has 5 heteroatoms. The number of aliphatic hydroxyl groups is 1. The van der Waals surface area contributed by atoms with E-state index in [1.54, 1.807) is 13.0 Å². The van der Waals surface area contributed by atoms with Gasteiger partial charge in [0.05, 0.1) is 34.2 Å². The van der Waals surface area contributed by atoms with Crippen LogP contribution in [0.25, 0.3) is 0 Å². The summed E-state index contributed by atoms with van der Waals surface area (Å²) >= 11 is 0. The molecule has 0 aliphatic carbocycles. The van der Waals surface area contributed by atoms with E-state index < -0.39 is 22.7 Å². The summed E-state index contributed by atoms with van der Waals surface area (Å²) in [6.45, 7) is 2.42. The van der Waals surface area contributed by atoms with E-state index in [0.717, 1.165) is 0 Å². The molecule has 0 fully saturated rings. The lowest BCUT2D eigenvalue weighted by molar-refractivity contribution is 0.0547. The summed E-state index contributed by atoms with van der Waals surface area (Å²) in [5, 5.41) is 9.46. The van der Waals surface area contributed by atoms with Crippen LogP contribution >= 0.6 is 0 Å². The number of ether oxygens (including phenoxy) is 1. The molecule has 0 spiro atoms. The van der Waals surface area contributed by atoms with Crippen molar-refractivity contribution in [3.05, 3.63) is 30.1 Å². The first kappa shape index (κ1) is 13.3. The molecular formula is C11H15FO3S. The fourth-order valence-corrected chi connectivity index (χ4v) is 2.34. The molecule has 0 heterocycles. The minimum atomic E-state index is -1.53. The maximum absolute atomic E-state index is 13.2. The van der Waals surface area contributed by atoms with E-state index in [0.29, 0.717) is 6.61 Å². The van der Waals surface area contributed by atoms with Gasteiger partial charge in [0.15, 0.2) is 0 Å². The molecule has 16 heavy (non-hydrogen) atoms. The van der Waals surface area contributed by atoms with Gasteiger partial charge in [-0.1, -0.05) is 12.1 Å². The van der Waals surface area contributed by atoms with Gasteiger partial charge in [0.25, 0.3) is 0 Å². The zero-order valence-corrected chi connectivity index (χ0v) is 9.87. The van der Waals surface area contributed by atoms with Crippen molar-refractivity contribution in [2.75, 3.05) is 19.0 Å². The standard InChI is InChI=1S/C11H15FO3S/c1-2-15-7-9(13)8-16(14)11-6-4-3-5-10(11)12/h3-6,9,13H,2,7-8H2,1H3. The lowest BCUT2D eigenvalue weighted by atomic mass is 10.3. The lowest BCUT2D eigenvalue weighted by Gasteiger charge is -2.10. The lowest BCUT2D eigenvalue weighted by Crippen LogP contribution is -2.23. The van der Waals surface area contributed by atoms with Crippen molar-refractivity contribution in [3.8, 4) is 0 Å². The number of hydrogen-bond donors (Lipinski definition) is 1. The highest BCUT2D eigenvalue weighted by molar-refractivity contribution is 7.85. The topological polar surface area (TPSA) is 46.5 Å². The fraction of sp³-hybridized carbons (Fsp3) is 0.455. The number of hydrogen-bond acceptors (Lipinski definition) is 3. The third-order valence-corrected chi connectivity index (χ3v) is 3.45. The Morgan fingerprint density at radius 2 is 2.19 bits per heavy atom. The summed E-state index contributed by atoms with van der Waals surface area (Å²) < 4.78 is 29.9. The van der Waals surface area contributed by atoms with Gasteiger partial charge in [-0.25, -0.2) is 4.39 Å². The average Bonchev–Trinajstić information content (AvgIpc) is 2.26. The van der Waals surface area contributed by atoms with Crippen molar-refractivity contribution >= 4 is 10.8 Å². The van der Waals surface area contributed by atoms with E-state index in [2.05, 4.69) is 0 Å². The fourth-order valence-electron chi connectivity index (χ4n) is 1.20. The molecule has 0 radical (unpaired) electrons. The minimum absolute atomic E-state index is 0.0130. The zero-order valence-electron chi connectivity index (χ0n) is 9.06. The summed E-state index contributed by atoms with van der Waals surface area (Å²) in [6.07, 6.45) is -0.833. The zero-order chi connectivity index (χ0) is 12.0. The van der Waals surface area contributed by atoms with Crippen molar-refractivity contribution in [1.29, 1.82) is 0 Å². The van der Waals surface area contributed by atoms with Crippen molar-refractivity contribution in [3.63, 3.8) is 0 Å². The van der Waals surface area contributed by atoms with Gasteiger partial charge in [-0.2, -0.15) is 0 Å². The van der Waals surface area contributed by atoms with Crippen molar-refractivity contribution in [2.24, 2.45) is 0 Å². The molecule has 2 atom stereocenters. The van der Waals surface area contributed by atoms with Gasteiger partial charge in [0.1, 0.15) is 5.82 Å². The van der Waals surface area contributed by atoms with E-state index >= 15 is 0 Å². The van der Waals surface area contributed by atoms with Crippen molar-refractivity contribution in [1.82, 2.24) is 0 Å². The Bertz CT molecular complexity index is 357. The van der Waals surface area contributed by atoms with Gasteiger partial charge >= 0.3 is 0 Å². The van der Waals surface area contributed by atoms with Crippen LogP contribution in [-0.2, 0) is 15.5 Å². The van der Waals surface area contributed by atoms with Crippen LogP contribution in [0.3, 0.4) is 0 Å². The molecule has 0 aliphatic rings. The second-order valence-electron chi connectivity index (χ2n) is 3.26. The smallest absolute Gasteiger partial charge is 0.139 e. The Hall–Kier alpha value is -0.780. The highest BCUT2D eigenvalue weighted by Crippen LogP contribution is 2.12. The number of aliphatic hydroxyl groups excluding tert-OH is 1. The molecular weight excluding hydrogens is 231 g/mol. The summed E-state index contributed by atoms with van der Waals surface area (Å²) in [4.78, 5) is 0.123. The molecule has 0 saturated heterocycles. The predicted molar refractivity (Wildman–Crippen MR) is 60.2 cm³/mol. The Morgan fingerprint density at radius 3 is 2.81 bits per heavy atom. The Kier molecular flexibility index (Phi) is 5.59. The second-order valence-corrected chi connectivity index (χ2v) is 4.72. The first-order valence-corrected chi connectivity index (χ1v) is 6.35. The van der Waals surface area contributed by atoms with E-state index in [1.165, 1.54) is 18.2 Å². The van der Waals surface area contributed by atoms with E-state index in [9.17, 15) is 13.7 Å². The summed E-state index contributed by atoms with van der Waals surface area (Å²) in [6, 6.07) is 5.86. The van der Waals surface area contributed by atoms with Crippen LogP contribution in [0, 0.1) is 5.82 Å². The largest absolute Gasteiger partial charge is 0.390 e. The van der Waals surface area contributed by atoms with E-state index in [4.69, 9.17) is 4.74 Å². The van der Waals surface area contributed by atoms with E-state index in [-0.39, 0.29) is 17.3 Å². The van der Waals surface area contributed by atoms with Crippen LogP contribution in [0.2, 0.25) is 0 Å². The summed E-state index contributed by atoms with van der Waals surface area (Å²) in [5.41, 5.74) is 0. The monoisotopic (exact) mass is 246 g/mol. The molecule has 0 aliphatic heterocycles.